The number of nitrogens with zero attached hydrogens (tertiary/aromatic N) is 1. The van der Waals surface area contributed by atoms with E-state index >= 15 is 0 Å². The van der Waals surface area contributed by atoms with Crippen molar-refractivity contribution in [2.24, 2.45) is 16.2 Å². The maximum absolute atomic E-state index is 12.9. The van der Waals surface area contributed by atoms with Crippen molar-refractivity contribution in [3.63, 3.8) is 0 Å². The lowest BCUT2D eigenvalue weighted by molar-refractivity contribution is -0.146. The Morgan fingerprint density at radius 1 is 1.11 bits per heavy atom. The molecule has 1 amide bonds. The highest BCUT2D eigenvalue weighted by atomic mass is 16.2. The second-order valence-corrected chi connectivity index (χ2v) is 7.14. The second kappa shape index (κ2) is 3.37. The maximum Gasteiger partial charge on any atom is 0.229 e. The third-order valence-corrected chi connectivity index (χ3v) is 6.51. The van der Waals surface area contributed by atoms with Crippen molar-refractivity contribution < 1.29 is 9.59 Å². The Labute approximate surface area is 109 Å². The predicted octanol–water partition coefficient (Wildman–Crippen LogP) is 2.39. The number of likely N-dealkylation sites (tertiary alicyclic amines) is 1. The Kier molecular flexibility index (Phi) is 2.28. The number of carbonyl (C=O) groups is 2. The Balaban J connectivity index is 2.00. The van der Waals surface area contributed by atoms with Gasteiger partial charge in [0.25, 0.3) is 0 Å². The van der Waals surface area contributed by atoms with Gasteiger partial charge in [-0.2, -0.15) is 0 Å². The van der Waals surface area contributed by atoms with Gasteiger partial charge in [-0.1, -0.05) is 20.8 Å². The first-order chi connectivity index (χ1) is 8.35. The van der Waals surface area contributed by atoms with Crippen molar-refractivity contribution in [1.82, 2.24) is 4.90 Å². The molecular formula is C15H23NO2. The van der Waals surface area contributed by atoms with Gasteiger partial charge in [-0.15, -0.1) is 0 Å². The van der Waals surface area contributed by atoms with Crippen LogP contribution in [-0.4, -0.2) is 29.7 Å². The first kappa shape index (κ1) is 12.2. The van der Waals surface area contributed by atoms with Gasteiger partial charge < -0.3 is 4.90 Å². The third kappa shape index (κ3) is 1.11. The highest BCUT2D eigenvalue weighted by Gasteiger charge is 2.72. The molecule has 2 saturated carbocycles. The Morgan fingerprint density at radius 2 is 1.72 bits per heavy atom. The molecule has 18 heavy (non-hydrogen) atoms. The van der Waals surface area contributed by atoms with Gasteiger partial charge in [0.15, 0.2) is 0 Å². The maximum atomic E-state index is 12.9. The summed E-state index contributed by atoms with van der Waals surface area (Å²) in [6.07, 6.45) is 4.50. The minimum Gasteiger partial charge on any atom is -0.342 e. The van der Waals surface area contributed by atoms with E-state index in [-0.39, 0.29) is 16.7 Å². The fourth-order valence-corrected chi connectivity index (χ4v) is 4.56. The van der Waals surface area contributed by atoms with E-state index in [2.05, 4.69) is 20.8 Å². The molecule has 1 aliphatic heterocycles. The molecule has 3 rings (SSSR count). The number of Topliss-reactive ketones (excluding diaryl/α,β-unsaturated/α-hetero) is 1. The number of hydrogen-bond acceptors (Lipinski definition) is 2. The summed E-state index contributed by atoms with van der Waals surface area (Å²) in [5, 5.41) is 0. The van der Waals surface area contributed by atoms with Gasteiger partial charge >= 0.3 is 0 Å². The van der Waals surface area contributed by atoms with Crippen LogP contribution in [0.3, 0.4) is 0 Å². The van der Waals surface area contributed by atoms with Crippen molar-refractivity contribution in [2.45, 2.75) is 52.9 Å². The molecule has 2 atom stereocenters. The molecule has 0 N–H and O–H groups in total. The average Bonchev–Trinajstić information content (AvgIpc) is 2.93. The van der Waals surface area contributed by atoms with Crippen LogP contribution in [0.25, 0.3) is 0 Å². The summed E-state index contributed by atoms with van der Waals surface area (Å²) in [5.41, 5.74) is -0.859. The topological polar surface area (TPSA) is 37.4 Å². The Hall–Kier alpha value is -0.860. The lowest BCUT2D eigenvalue weighted by Gasteiger charge is -2.40. The molecule has 3 aliphatic rings. The zero-order valence-electron chi connectivity index (χ0n) is 11.7. The van der Waals surface area contributed by atoms with Crippen LogP contribution in [0.1, 0.15) is 52.9 Å². The molecule has 1 saturated heterocycles. The monoisotopic (exact) mass is 249 g/mol. The van der Waals surface area contributed by atoms with E-state index in [4.69, 9.17) is 0 Å². The fraction of sp³-hybridized carbons (Fsp3) is 0.867. The summed E-state index contributed by atoms with van der Waals surface area (Å²) < 4.78 is 0. The molecule has 3 heteroatoms. The van der Waals surface area contributed by atoms with E-state index in [1.807, 2.05) is 4.90 Å². The van der Waals surface area contributed by atoms with Crippen molar-refractivity contribution in [1.29, 1.82) is 0 Å². The first-order valence-electron chi connectivity index (χ1n) is 7.18. The number of carbonyl (C=O) groups excluding carboxylic acids is 2. The number of fused-ring (bicyclic) bond motifs is 2. The highest BCUT2D eigenvalue weighted by Crippen LogP contribution is 2.71. The summed E-state index contributed by atoms with van der Waals surface area (Å²) in [7, 11) is 0. The van der Waals surface area contributed by atoms with Gasteiger partial charge in [0.2, 0.25) is 5.91 Å². The molecule has 0 radical (unpaired) electrons. The molecule has 0 aromatic carbocycles. The standard InChI is InChI=1S/C15H23NO2/c1-13(2)14(3)6-7-15(13,10-11(14)17)12(18)16-8-4-5-9-16/h4-10H2,1-3H3/t14-,15-/m0/s1. The first-order valence-corrected chi connectivity index (χ1v) is 7.18. The molecule has 1 heterocycles. The summed E-state index contributed by atoms with van der Waals surface area (Å²) in [6, 6.07) is 0. The van der Waals surface area contributed by atoms with Crippen LogP contribution in [0.4, 0.5) is 0 Å². The molecule has 0 aromatic heterocycles. The predicted molar refractivity (Wildman–Crippen MR) is 69.0 cm³/mol. The van der Waals surface area contributed by atoms with E-state index in [0.29, 0.717) is 12.2 Å². The van der Waals surface area contributed by atoms with Crippen molar-refractivity contribution in [3.05, 3.63) is 0 Å². The number of amides is 1. The highest BCUT2D eigenvalue weighted by molar-refractivity contribution is 5.99. The normalized spacial score (nSPS) is 41.7. The van der Waals surface area contributed by atoms with E-state index < -0.39 is 5.41 Å². The Bertz CT molecular complexity index is 422. The number of ketones is 1. The fourth-order valence-electron chi connectivity index (χ4n) is 4.56. The molecule has 0 unspecified atom stereocenters. The van der Waals surface area contributed by atoms with E-state index in [1.54, 1.807) is 0 Å². The van der Waals surface area contributed by atoms with Crippen LogP contribution >= 0.6 is 0 Å². The van der Waals surface area contributed by atoms with Crippen molar-refractivity contribution in [3.8, 4) is 0 Å². The van der Waals surface area contributed by atoms with Crippen LogP contribution in [0.2, 0.25) is 0 Å². The largest absolute Gasteiger partial charge is 0.342 e. The summed E-state index contributed by atoms with van der Waals surface area (Å²) in [4.78, 5) is 27.2. The zero-order valence-corrected chi connectivity index (χ0v) is 11.7. The average molecular weight is 249 g/mol. The molecule has 3 fully saturated rings. The van der Waals surface area contributed by atoms with Crippen LogP contribution in [0, 0.1) is 16.2 Å². The van der Waals surface area contributed by atoms with Gasteiger partial charge in [-0.25, -0.2) is 0 Å². The molecule has 2 bridgehead atoms. The smallest absolute Gasteiger partial charge is 0.229 e. The summed E-state index contributed by atoms with van der Waals surface area (Å²) >= 11 is 0. The third-order valence-electron chi connectivity index (χ3n) is 6.51. The minimum absolute atomic E-state index is 0.184. The minimum atomic E-state index is -0.400. The van der Waals surface area contributed by atoms with Crippen molar-refractivity contribution >= 4 is 11.7 Å². The van der Waals surface area contributed by atoms with Gasteiger partial charge in [-0.05, 0) is 31.1 Å². The molecule has 2 aliphatic carbocycles. The number of rotatable bonds is 1. The molecule has 0 aromatic rings. The van der Waals surface area contributed by atoms with Crippen molar-refractivity contribution in [2.75, 3.05) is 13.1 Å². The molecule has 3 nitrogen and oxygen atoms in total. The van der Waals surface area contributed by atoms with Crippen LogP contribution in [0.5, 0.6) is 0 Å². The van der Waals surface area contributed by atoms with E-state index in [0.717, 1.165) is 38.8 Å². The summed E-state index contributed by atoms with van der Waals surface area (Å²) in [6.45, 7) is 8.13. The van der Waals surface area contributed by atoms with Crippen LogP contribution in [0.15, 0.2) is 0 Å². The van der Waals surface area contributed by atoms with Gasteiger partial charge in [0, 0.05) is 24.9 Å². The number of hydrogen-bond donors (Lipinski definition) is 0. The van der Waals surface area contributed by atoms with Gasteiger partial charge in [-0.3, -0.25) is 9.59 Å². The van der Waals surface area contributed by atoms with Gasteiger partial charge in [0.1, 0.15) is 5.78 Å². The van der Waals surface area contributed by atoms with Crippen LogP contribution in [-0.2, 0) is 9.59 Å². The molecular weight excluding hydrogens is 226 g/mol. The quantitative estimate of drug-likeness (QED) is 0.715. The summed E-state index contributed by atoms with van der Waals surface area (Å²) in [5.74, 6) is 0.575. The lowest BCUT2D eigenvalue weighted by atomic mass is 9.64. The SMILES string of the molecule is CC1(C)[C@@]2(C(=O)N3CCCC3)CC[C@@]1(C)C(=O)C2. The molecule has 0 spiro atoms. The van der Waals surface area contributed by atoms with E-state index in [9.17, 15) is 9.59 Å². The Morgan fingerprint density at radius 3 is 2.17 bits per heavy atom. The van der Waals surface area contributed by atoms with Gasteiger partial charge in [0.05, 0.1) is 5.41 Å². The zero-order chi connectivity index (χ0) is 13.2. The lowest BCUT2D eigenvalue weighted by Crippen LogP contribution is -2.47. The van der Waals surface area contributed by atoms with E-state index in [1.165, 1.54) is 0 Å². The molecule has 100 valence electrons. The van der Waals surface area contributed by atoms with Crippen LogP contribution < -0.4 is 0 Å². The second-order valence-electron chi connectivity index (χ2n) is 7.14.